The number of pyridine rings is 1. The van der Waals surface area contributed by atoms with E-state index in [-0.39, 0.29) is 0 Å². The van der Waals surface area contributed by atoms with Gasteiger partial charge in [-0.1, -0.05) is 0 Å². The number of nitrogen functional groups attached to an aromatic ring is 1. The number of hydrogen-bond acceptors (Lipinski definition) is 3. The van der Waals surface area contributed by atoms with Gasteiger partial charge in [0.25, 0.3) is 0 Å². The molecule has 0 saturated carbocycles. The van der Waals surface area contributed by atoms with E-state index in [1.807, 2.05) is 24.4 Å². The average Bonchev–Trinajstić information content (AvgIpc) is 2.69. The van der Waals surface area contributed by atoms with Gasteiger partial charge in [-0.25, -0.2) is 4.98 Å². The molecule has 2 heterocycles. The lowest BCUT2D eigenvalue weighted by atomic mass is 10.4. The Hall–Kier alpha value is -2.10. The summed E-state index contributed by atoms with van der Waals surface area (Å²) in [6.07, 6.45) is 5.20. The lowest BCUT2D eigenvalue weighted by Crippen LogP contribution is -1.89. The molecule has 0 aliphatic heterocycles. The van der Waals surface area contributed by atoms with Crippen LogP contribution in [-0.4, -0.2) is 16.2 Å². The molecule has 70 valence electrons. The summed E-state index contributed by atoms with van der Waals surface area (Å²) < 4.78 is 0. The lowest BCUT2D eigenvalue weighted by molar-refractivity contribution is 1.31. The minimum Gasteiger partial charge on any atom is -0.382 e. The molecule has 0 radical (unpaired) electrons. The number of aromatic amines is 1. The van der Waals surface area contributed by atoms with E-state index in [4.69, 9.17) is 5.73 Å². The number of nitrogens with zero attached hydrogens (tertiary/aromatic N) is 2. The lowest BCUT2D eigenvalue weighted by Gasteiger charge is -1.95. The smallest absolute Gasteiger partial charge is 0.149 e. The highest BCUT2D eigenvalue weighted by Crippen LogP contribution is 2.17. The van der Waals surface area contributed by atoms with E-state index >= 15 is 0 Å². The minimum atomic E-state index is 0.440. The van der Waals surface area contributed by atoms with Gasteiger partial charge in [0.2, 0.25) is 0 Å². The summed E-state index contributed by atoms with van der Waals surface area (Å²) in [4.78, 5) is 11.2. The third-order valence-corrected chi connectivity index (χ3v) is 1.78. The Morgan fingerprint density at radius 2 is 2.29 bits per heavy atom. The van der Waals surface area contributed by atoms with Crippen LogP contribution in [0.3, 0.4) is 0 Å². The van der Waals surface area contributed by atoms with Crippen LogP contribution in [-0.2, 0) is 0 Å². The summed E-state index contributed by atoms with van der Waals surface area (Å²) in [6.45, 7) is 0. The van der Waals surface area contributed by atoms with Crippen LogP contribution in [0.15, 0.2) is 41.7 Å². The molecule has 0 spiro atoms. The highest BCUT2D eigenvalue weighted by Gasteiger charge is 1.94. The molecule has 0 atom stereocenters. The Kier molecular flexibility index (Phi) is 2.27. The molecule has 0 aliphatic rings. The maximum atomic E-state index is 5.62. The zero-order chi connectivity index (χ0) is 9.80. The Balaban J connectivity index is 2.23. The number of aromatic nitrogens is 2. The summed E-state index contributed by atoms with van der Waals surface area (Å²) in [5.74, 6) is 0.440. The van der Waals surface area contributed by atoms with E-state index in [0.717, 1.165) is 5.69 Å². The van der Waals surface area contributed by atoms with Crippen LogP contribution >= 0.6 is 0 Å². The van der Waals surface area contributed by atoms with Crippen molar-refractivity contribution in [3.8, 4) is 0 Å². The minimum absolute atomic E-state index is 0.440. The molecule has 2 aromatic heterocycles. The maximum Gasteiger partial charge on any atom is 0.149 e. The molecule has 0 amide bonds. The van der Waals surface area contributed by atoms with Gasteiger partial charge in [-0.3, -0.25) is 4.99 Å². The Morgan fingerprint density at radius 3 is 3.00 bits per heavy atom. The van der Waals surface area contributed by atoms with Gasteiger partial charge >= 0.3 is 0 Å². The van der Waals surface area contributed by atoms with Gasteiger partial charge < -0.3 is 10.7 Å². The van der Waals surface area contributed by atoms with E-state index in [1.165, 1.54) is 0 Å². The van der Waals surface area contributed by atoms with E-state index < -0.39 is 0 Å². The van der Waals surface area contributed by atoms with Crippen molar-refractivity contribution in [2.24, 2.45) is 4.99 Å². The first kappa shape index (κ1) is 8.50. The number of H-pyrrole nitrogens is 1. The first-order chi connectivity index (χ1) is 6.86. The van der Waals surface area contributed by atoms with Gasteiger partial charge in [0, 0.05) is 12.4 Å². The van der Waals surface area contributed by atoms with Crippen LogP contribution in [0.25, 0.3) is 0 Å². The van der Waals surface area contributed by atoms with Gasteiger partial charge in [0.15, 0.2) is 0 Å². The molecule has 0 aromatic carbocycles. The zero-order valence-electron chi connectivity index (χ0n) is 7.51. The molecule has 0 fully saturated rings. The van der Waals surface area contributed by atoms with E-state index in [0.29, 0.717) is 11.5 Å². The fourth-order valence-electron chi connectivity index (χ4n) is 1.08. The fourth-order valence-corrected chi connectivity index (χ4v) is 1.08. The van der Waals surface area contributed by atoms with Gasteiger partial charge in [0.1, 0.15) is 11.5 Å². The van der Waals surface area contributed by atoms with Crippen LogP contribution < -0.4 is 5.73 Å². The van der Waals surface area contributed by atoms with Crippen molar-refractivity contribution in [1.82, 2.24) is 9.97 Å². The van der Waals surface area contributed by atoms with Gasteiger partial charge in [-0.2, -0.15) is 0 Å². The van der Waals surface area contributed by atoms with Crippen LogP contribution in [0.1, 0.15) is 5.69 Å². The van der Waals surface area contributed by atoms with Gasteiger partial charge in [-0.05, 0) is 24.3 Å². The van der Waals surface area contributed by atoms with E-state index in [2.05, 4.69) is 15.0 Å². The first-order valence-electron chi connectivity index (χ1n) is 4.24. The van der Waals surface area contributed by atoms with Gasteiger partial charge in [-0.15, -0.1) is 0 Å². The predicted octanol–water partition coefficient (Wildman–Crippen LogP) is 1.74. The van der Waals surface area contributed by atoms with E-state index in [1.54, 1.807) is 18.5 Å². The number of anilines is 1. The summed E-state index contributed by atoms with van der Waals surface area (Å²) in [5, 5.41) is 0. The van der Waals surface area contributed by atoms with Crippen molar-refractivity contribution >= 4 is 17.7 Å². The number of aliphatic imine (C=N–C) groups is 1. The summed E-state index contributed by atoms with van der Waals surface area (Å²) in [7, 11) is 0. The molecule has 0 saturated heterocycles. The van der Waals surface area contributed by atoms with Crippen molar-refractivity contribution < 1.29 is 0 Å². The Bertz CT molecular complexity index is 431. The molecular weight excluding hydrogens is 176 g/mol. The van der Waals surface area contributed by atoms with Crippen LogP contribution in [0.2, 0.25) is 0 Å². The molecule has 2 aromatic rings. The zero-order valence-corrected chi connectivity index (χ0v) is 7.51. The maximum absolute atomic E-state index is 5.62. The molecule has 0 bridgehead atoms. The highest BCUT2D eigenvalue weighted by molar-refractivity contribution is 5.81. The monoisotopic (exact) mass is 186 g/mol. The molecule has 0 aliphatic carbocycles. The standard InChI is InChI=1S/C10H10N4/c11-10-9(4-2-6-13-10)14-7-8-3-1-5-12-8/h1-7,12H,(H2,11,13). The molecule has 3 N–H and O–H groups in total. The predicted molar refractivity (Wildman–Crippen MR) is 56.7 cm³/mol. The fraction of sp³-hybridized carbons (Fsp3) is 0. The molecule has 4 heteroatoms. The molecule has 0 unspecified atom stereocenters. The van der Waals surface area contributed by atoms with Crippen LogP contribution in [0, 0.1) is 0 Å². The first-order valence-corrected chi connectivity index (χ1v) is 4.24. The van der Waals surface area contributed by atoms with Crippen molar-refractivity contribution in [3.63, 3.8) is 0 Å². The van der Waals surface area contributed by atoms with E-state index in [9.17, 15) is 0 Å². The molecule has 4 nitrogen and oxygen atoms in total. The second kappa shape index (κ2) is 3.74. The van der Waals surface area contributed by atoms with Crippen molar-refractivity contribution in [2.75, 3.05) is 5.73 Å². The number of nitrogens with one attached hydrogen (secondary N) is 1. The van der Waals surface area contributed by atoms with Crippen molar-refractivity contribution in [1.29, 1.82) is 0 Å². The normalized spacial score (nSPS) is 10.9. The summed E-state index contributed by atoms with van der Waals surface area (Å²) in [6, 6.07) is 7.46. The second-order valence-electron chi connectivity index (χ2n) is 2.79. The quantitative estimate of drug-likeness (QED) is 0.701. The van der Waals surface area contributed by atoms with Gasteiger partial charge in [0.05, 0.1) is 11.9 Å². The van der Waals surface area contributed by atoms with Crippen molar-refractivity contribution in [3.05, 3.63) is 42.4 Å². The SMILES string of the molecule is Nc1ncccc1N=Cc1ccc[nH]1. The third-order valence-electron chi connectivity index (χ3n) is 1.78. The highest BCUT2D eigenvalue weighted by atomic mass is 14.9. The topological polar surface area (TPSA) is 67.1 Å². The Morgan fingerprint density at radius 1 is 1.36 bits per heavy atom. The molecule has 14 heavy (non-hydrogen) atoms. The van der Waals surface area contributed by atoms with Crippen LogP contribution in [0.4, 0.5) is 11.5 Å². The molecular formula is C10H10N4. The number of hydrogen-bond donors (Lipinski definition) is 2. The average molecular weight is 186 g/mol. The largest absolute Gasteiger partial charge is 0.382 e. The second-order valence-corrected chi connectivity index (χ2v) is 2.79. The Labute approximate surface area is 81.5 Å². The van der Waals surface area contributed by atoms with Crippen LogP contribution in [0.5, 0.6) is 0 Å². The number of nitrogens with two attached hydrogens (primary N) is 1. The van der Waals surface area contributed by atoms with Crippen molar-refractivity contribution in [2.45, 2.75) is 0 Å². The summed E-state index contributed by atoms with van der Waals surface area (Å²) >= 11 is 0. The number of rotatable bonds is 2. The third kappa shape index (κ3) is 1.80. The summed E-state index contributed by atoms with van der Waals surface area (Å²) in [5.41, 5.74) is 7.25. The molecule has 2 rings (SSSR count).